The van der Waals surface area contributed by atoms with Gasteiger partial charge in [0.15, 0.2) is 0 Å². The number of benzene rings is 1. The van der Waals surface area contributed by atoms with Crippen molar-refractivity contribution in [3.63, 3.8) is 0 Å². The number of nitrogen functional groups attached to an aromatic ring is 1. The minimum atomic E-state index is 0.460. The molecular formula is C9H12Cl2N2O. The molecule has 0 atom stereocenters. The molecule has 0 unspecified atom stereocenters. The van der Waals surface area contributed by atoms with E-state index in [1.54, 1.807) is 19.2 Å². The maximum Gasteiger partial charge on any atom is 0.0635 e. The molecule has 1 rings (SSSR count). The van der Waals surface area contributed by atoms with Gasteiger partial charge in [-0.05, 0) is 12.1 Å². The lowest BCUT2D eigenvalue weighted by Gasteiger charge is -2.09. The molecule has 0 saturated carbocycles. The highest BCUT2D eigenvalue weighted by atomic mass is 35.5. The van der Waals surface area contributed by atoms with E-state index in [1.165, 1.54) is 0 Å². The fourth-order valence-electron chi connectivity index (χ4n) is 1.00. The van der Waals surface area contributed by atoms with Gasteiger partial charge in [-0.3, -0.25) is 0 Å². The Balaban J connectivity index is 2.72. The smallest absolute Gasteiger partial charge is 0.0635 e. The summed E-state index contributed by atoms with van der Waals surface area (Å²) in [6.07, 6.45) is 0. The molecule has 1 aromatic carbocycles. The Morgan fingerprint density at radius 3 is 2.64 bits per heavy atom. The summed E-state index contributed by atoms with van der Waals surface area (Å²) < 4.78 is 4.90. The standard InChI is InChI=1S/C9H12Cl2N2O/c1-14-3-2-13-9-5-7(11)6(10)4-8(9)12/h4-5,13H,2-3,12H2,1H3. The van der Waals surface area contributed by atoms with Crippen LogP contribution in [-0.2, 0) is 4.74 Å². The molecule has 5 heteroatoms. The summed E-state index contributed by atoms with van der Waals surface area (Å²) in [4.78, 5) is 0. The van der Waals surface area contributed by atoms with Crippen molar-refractivity contribution < 1.29 is 4.74 Å². The van der Waals surface area contributed by atoms with E-state index in [-0.39, 0.29) is 0 Å². The highest BCUT2D eigenvalue weighted by Gasteiger charge is 2.03. The zero-order chi connectivity index (χ0) is 10.6. The van der Waals surface area contributed by atoms with Gasteiger partial charge in [0.1, 0.15) is 0 Å². The first kappa shape index (κ1) is 11.4. The second-order valence-corrected chi connectivity index (χ2v) is 3.59. The van der Waals surface area contributed by atoms with E-state index >= 15 is 0 Å². The molecule has 0 heterocycles. The van der Waals surface area contributed by atoms with Gasteiger partial charge in [-0.15, -0.1) is 0 Å². The maximum atomic E-state index is 5.84. The molecule has 0 aliphatic carbocycles. The first-order valence-electron chi connectivity index (χ1n) is 4.12. The molecule has 1 aromatic rings. The normalized spacial score (nSPS) is 10.2. The van der Waals surface area contributed by atoms with Crippen LogP contribution in [0.5, 0.6) is 0 Å². The van der Waals surface area contributed by atoms with E-state index in [0.29, 0.717) is 28.9 Å². The number of halogens is 2. The SMILES string of the molecule is COCCNc1cc(Cl)c(Cl)cc1N. The van der Waals surface area contributed by atoms with Gasteiger partial charge in [-0.2, -0.15) is 0 Å². The van der Waals surface area contributed by atoms with Crippen molar-refractivity contribution in [3.05, 3.63) is 22.2 Å². The Morgan fingerprint density at radius 1 is 1.36 bits per heavy atom. The number of nitrogens with two attached hydrogens (primary N) is 1. The largest absolute Gasteiger partial charge is 0.397 e. The van der Waals surface area contributed by atoms with E-state index < -0.39 is 0 Å². The average molecular weight is 235 g/mol. The van der Waals surface area contributed by atoms with Gasteiger partial charge in [-0.1, -0.05) is 23.2 Å². The zero-order valence-electron chi connectivity index (χ0n) is 7.81. The molecule has 0 spiro atoms. The van der Waals surface area contributed by atoms with Crippen LogP contribution in [0, 0.1) is 0 Å². The Hall–Kier alpha value is -0.640. The Morgan fingerprint density at radius 2 is 2.00 bits per heavy atom. The first-order chi connectivity index (χ1) is 6.65. The van der Waals surface area contributed by atoms with Gasteiger partial charge in [0.2, 0.25) is 0 Å². The number of hydrogen-bond acceptors (Lipinski definition) is 3. The third-order valence-corrected chi connectivity index (χ3v) is 2.44. The highest BCUT2D eigenvalue weighted by molar-refractivity contribution is 6.42. The molecule has 78 valence electrons. The average Bonchev–Trinajstić information content (AvgIpc) is 2.14. The zero-order valence-corrected chi connectivity index (χ0v) is 9.32. The van der Waals surface area contributed by atoms with E-state index in [4.69, 9.17) is 33.7 Å². The lowest BCUT2D eigenvalue weighted by molar-refractivity contribution is 0.211. The van der Waals surface area contributed by atoms with Gasteiger partial charge in [0.05, 0.1) is 28.0 Å². The number of rotatable bonds is 4. The van der Waals surface area contributed by atoms with Crippen molar-refractivity contribution in [3.8, 4) is 0 Å². The minimum absolute atomic E-state index is 0.460. The van der Waals surface area contributed by atoms with E-state index in [2.05, 4.69) is 5.32 Å². The Kier molecular flexibility index (Phi) is 4.32. The maximum absolute atomic E-state index is 5.84. The summed E-state index contributed by atoms with van der Waals surface area (Å²) in [7, 11) is 1.64. The fourth-order valence-corrected chi connectivity index (χ4v) is 1.34. The summed E-state index contributed by atoms with van der Waals surface area (Å²) in [5.41, 5.74) is 7.08. The molecule has 14 heavy (non-hydrogen) atoms. The minimum Gasteiger partial charge on any atom is -0.397 e. The van der Waals surface area contributed by atoms with E-state index in [0.717, 1.165) is 5.69 Å². The van der Waals surface area contributed by atoms with Gasteiger partial charge in [-0.25, -0.2) is 0 Å². The van der Waals surface area contributed by atoms with Gasteiger partial charge in [0, 0.05) is 13.7 Å². The highest BCUT2D eigenvalue weighted by Crippen LogP contribution is 2.30. The van der Waals surface area contributed by atoms with Crippen molar-refractivity contribution in [2.45, 2.75) is 0 Å². The number of anilines is 2. The van der Waals surface area contributed by atoms with Crippen molar-refractivity contribution >= 4 is 34.6 Å². The molecule has 3 N–H and O–H groups in total. The van der Waals surface area contributed by atoms with Gasteiger partial charge >= 0.3 is 0 Å². The third-order valence-electron chi connectivity index (χ3n) is 1.71. The number of nitrogens with one attached hydrogen (secondary N) is 1. The predicted octanol–water partition coefficient (Wildman–Crippen LogP) is 2.63. The molecule has 0 bridgehead atoms. The topological polar surface area (TPSA) is 47.3 Å². The quantitative estimate of drug-likeness (QED) is 0.622. The van der Waals surface area contributed by atoms with Crippen LogP contribution < -0.4 is 11.1 Å². The molecule has 0 aliphatic heterocycles. The van der Waals surface area contributed by atoms with Crippen LogP contribution in [0.4, 0.5) is 11.4 Å². The monoisotopic (exact) mass is 234 g/mol. The molecule has 0 aromatic heterocycles. The van der Waals surface area contributed by atoms with Crippen LogP contribution >= 0.6 is 23.2 Å². The molecule has 0 saturated heterocycles. The van der Waals surface area contributed by atoms with Crippen LogP contribution in [0.15, 0.2) is 12.1 Å². The van der Waals surface area contributed by atoms with Crippen LogP contribution in [0.3, 0.4) is 0 Å². The molecule has 0 amide bonds. The van der Waals surface area contributed by atoms with Gasteiger partial charge in [0.25, 0.3) is 0 Å². The van der Waals surface area contributed by atoms with Crippen molar-refractivity contribution in [1.29, 1.82) is 0 Å². The molecule has 0 radical (unpaired) electrons. The van der Waals surface area contributed by atoms with Gasteiger partial charge < -0.3 is 15.8 Å². The van der Waals surface area contributed by atoms with E-state index in [1.807, 2.05) is 0 Å². The number of hydrogen-bond donors (Lipinski definition) is 2. The van der Waals surface area contributed by atoms with Crippen LogP contribution in [0.2, 0.25) is 10.0 Å². The second-order valence-electron chi connectivity index (χ2n) is 2.77. The molecule has 0 aliphatic rings. The molecule has 3 nitrogen and oxygen atoms in total. The second kappa shape index (κ2) is 5.29. The van der Waals surface area contributed by atoms with Crippen molar-refractivity contribution in [2.24, 2.45) is 0 Å². The lowest BCUT2D eigenvalue weighted by atomic mass is 10.2. The number of methoxy groups -OCH3 is 1. The summed E-state index contributed by atoms with van der Waals surface area (Å²) >= 11 is 11.6. The molecule has 0 fully saturated rings. The van der Waals surface area contributed by atoms with Crippen LogP contribution in [0.1, 0.15) is 0 Å². The summed E-state index contributed by atoms with van der Waals surface area (Å²) in [6, 6.07) is 3.33. The Bertz CT molecular complexity index is 318. The predicted molar refractivity (Wildman–Crippen MR) is 61.2 cm³/mol. The van der Waals surface area contributed by atoms with Crippen molar-refractivity contribution in [2.75, 3.05) is 31.3 Å². The van der Waals surface area contributed by atoms with Crippen molar-refractivity contribution in [1.82, 2.24) is 0 Å². The van der Waals surface area contributed by atoms with Crippen LogP contribution in [-0.4, -0.2) is 20.3 Å². The third kappa shape index (κ3) is 2.94. The Labute approximate surface area is 93.1 Å². The summed E-state index contributed by atoms with van der Waals surface area (Å²) in [5, 5.41) is 4.04. The fraction of sp³-hybridized carbons (Fsp3) is 0.333. The van der Waals surface area contributed by atoms with Crippen LogP contribution in [0.25, 0.3) is 0 Å². The first-order valence-corrected chi connectivity index (χ1v) is 4.88. The molecular weight excluding hydrogens is 223 g/mol. The summed E-state index contributed by atoms with van der Waals surface area (Å²) in [5.74, 6) is 0. The summed E-state index contributed by atoms with van der Waals surface area (Å²) in [6.45, 7) is 1.29. The van der Waals surface area contributed by atoms with E-state index in [9.17, 15) is 0 Å². The number of ether oxygens (including phenoxy) is 1. The lowest BCUT2D eigenvalue weighted by Crippen LogP contribution is -2.09.